The van der Waals surface area contributed by atoms with Crippen LogP contribution in [0.4, 0.5) is 0 Å². The first-order valence-corrected chi connectivity index (χ1v) is 14.3. The van der Waals surface area contributed by atoms with Gasteiger partial charge < -0.3 is 10.2 Å². The second-order valence-electron chi connectivity index (χ2n) is 14.5. The molecule has 2 N–H and O–H groups in total. The van der Waals surface area contributed by atoms with Crippen molar-refractivity contribution in [3.8, 4) is 11.5 Å². The molecular formula is C38H54O2Zr. The summed E-state index contributed by atoms with van der Waals surface area (Å²) in [5.41, 5.74) is 5.08. The van der Waals surface area contributed by atoms with E-state index in [1.54, 1.807) is 0 Å². The Kier molecular flexibility index (Phi) is 15.7. The normalized spacial score (nSPS) is 13.8. The standard InChI is InChI=1S/2C14H22O.2C5H5.Zr/c2*1-13(2,3)10-7-11(14(4,5)6)9-12(15)8-10;2*1-2-4-5-3-1;/h2*7-9,15H,1-6H3;2*1-3H,4H2;/q;;2*-1;+2. The van der Waals surface area contributed by atoms with Gasteiger partial charge in [0.2, 0.25) is 0 Å². The van der Waals surface area contributed by atoms with E-state index in [1.165, 1.54) is 22.3 Å². The minimum atomic E-state index is 0. The molecule has 0 radical (unpaired) electrons. The topological polar surface area (TPSA) is 40.5 Å². The largest absolute Gasteiger partial charge is 2.00 e. The maximum atomic E-state index is 9.72. The summed E-state index contributed by atoms with van der Waals surface area (Å²) < 4.78 is 0. The van der Waals surface area contributed by atoms with Gasteiger partial charge in [-0.05, 0) is 68.2 Å². The number of hydrogen-bond donors (Lipinski definition) is 2. The molecule has 0 atom stereocenters. The van der Waals surface area contributed by atoms with Crippen LogP contribution in [0.15, 0.2) is 72.9 Å². The van der Waals surface area contributed by atoms with Crippen molar-refractivity contribution in [3.05, 3.63) is 107 Å². The minimum Gasteiger partial charge on any atom is -0.508 e. The van der Waals surface area contributed by atoms with Crippen LogP contribution in [0.1, 0.15) is 118 Å². The average molecular weight is 634 g/mol. The smallest absolute Gasteiger partial charge is 0.508 e. The minimum absolute atomic E-state index is 0. The maximum absolute atomic E-state index is 9.72. The number of benzene rings is 2. The van der Waals surface area contributed by atoms with E-state index in [0.29, 0.717) is 11.5 Å². The molecule has 0 spiro atoms. The van der Waals surface area contributed by atoms with Gasteiger partial charge in [0.15, 0.2) is 0 Å². The Bertz CT molecular complexity index is 1000. The first-order valence-electron chi connectivity index (χ1n) is 14.3. The molecule has 2 nitrogen and oxygen atoms in total. The number of rotatable bonds is 0. The van der Waals surface area contributed by atoms with E-state index in [1.807, 2.05) is 48.6 Å². The molecule has 3 heteroatoms. The summed E-state index contributed by atoms with van der Waals surface area (Å²) >= 11 is 0. The second kappa shape index (κ2) is 16.5. The van der Waals surface area contributed by atoms with Crippen molar-refractivity contribution in [3.63, 3.8) is 0 Å². The van der Waals surface area contributed by atoms with Crippen LogP contribution in [-0.4, -0.2) is 10.2 Å². The molecule has 2 aliphatic carbocycles. The van der Waals surface area contributed by atoms with Crippen LogP contribution in [0, 0.1) is 12.2 Å². The molecule has 2 aliphatic rings. The monoisotopic (exact) mass is 632 g/mol. The molecule has 0 aromatic heterocycles. The van der Waals surface area contributed by atoms with Crippen LogP contribution < -0.4 is 0 Å². The molecule has 0 fully saturated rings. The fourth-order valence-corrected chi connectivity index (χ4v) is 3.63. The third-order valence-corrected chi connectivity index (χ3v) is 6.47. The molecule has 0 saturated carbocycles. The van der Waals surface area contributed by atoms with E-state index >= 15 is 0 Å². The first-order chi connectivity index (χ1) is 18.2. The zero-order chi connectivity index (χ0) is 30.8. The van der Waals surface area contributed by atoms with Gasteiger partial charge in [0.05, 0.1) is 0 Å². The van der Waals surface area contributed by atoms with E-state index in [9.17, 15) is 10.2 Å². The third kappa shape index (κ3) is 15.6. The zero-order valence-corrected chi connectivity index (χ0v) is 30.2. The summed E-state index contributed by atoms with van der Waals surface area (Å²) in [6, 6.07) is 11.8. The van der Waals surface area contributed by atoms with Crippen LogP contribution in [0.25, 0.3) is 0 Å². The zero-order valence-electron chi connectivity index (χ0n) is 27.7. The molecule has 4 rings (SSSR count). The van der Waals surface area contributed by atoms with E-state index in [4.69, 9.17) is 0 Å². The van der Waals surface area contributed by atoms with E-state index in [-0.39, 0.29) is 47.9 Å². The SMILES string of the molecule is CC(C)(C)c1cc(O)cc(C(C)(C)C)c1.CC(C)(C)c1cc(O)cc(C(C)(C)C)c1.[C-]1=CC=CC1.[C-]1=CC=CC1.[Zr+2]. The third-order valence-electron chi connectivity index (χ3n) is 6.47. The van der Waals surface area contributed by atoms with E-state index in [2.05, 4.69) is 120 Å². The van der Waals surface area contributed by atoms with E-state index < -0.39 is 0 Å². The quantitative estimate of drug-likeness (QED) is 0.283. The summed E-state index contributed by atoms with van der Waals surface area (Å²) in [6.45, 7) is 25.9. The Balaban J connectivity index is 0.000000573. The number of aromatic hydroxyl groups is 2. The summed E-state index contributed by atoms with van der Waals surface area (Å²) in [6.07, 6.45) is 20.0. The van der Waals surface area contributed by atoms with Crippen molar-refractivity contribution in [2.24, 2.45) is 0 Å². The summed E-state index contributed by atoms with van der Waals surface area (Å²) in [5.74, 6) is 0.736. The van der Waals surface area contributed by atoms with Gasteiger partial charge in [-0.3, -0.25) is 12.2 Å². The van der Waals surface area contributed by atoms with Crippen LogP contribution in [0.2, 0.25) is 0 Å². The predicted molar refractivity (Wildman–Crippen MR) is 174 cm³/mol. The molecule has 0 saturated heterocycles. The second-order valence-corrected chi connectivity index (χ2v) is 14.5. The van der Waals surface area contributed by atoms with Gasteiger partial charge in [0.25, 0.3) is 0 Å². The maximum Gasteiger partial charge on any atom is 2.00 e. The van der Waals surface area contributed by atoms with Crippen molar-refractivity contribution in [2.45, 2.75) is 118 Å². The van der Waals surface area contributed by atoms with Gasteiger partial charge in [-0.2, -0.15) is 12.2 Å². The Labute approximate surface area is 271 Å². The van der Waals surface area contributed by atoms with Crippen LogP contribution >= 0.6 is 0 Å². The van der Waals surface area contributed by atoms with Crippen molar-refractivity contribution in [1.82, 2.24) is 0 Å². The van der Waals surface area contributed by atoms with Crippen molar-refractivity contribution in [2.75, 3.05) is 0 Å². The summed E-state index contributed by atoms with van der Waals surface area (Å²) in [5, 5.41) is 19.4. The number of phenols is 2. The van der Waals surface area contributed by atoms with Gasteiger partial charge >= 0.3 is 26.2 Å². The number of phenolic OH excluding ortho intramolecular Hbond substituents is 2. The molecule has 0 unspecified atom stereocenters. The van der Waals surface area contributed by atoms with Crippen molar-refractivity contribution >= 4 is 0 Å². The van der Waals surface area contributed by atoms with Gasteiger partial charge in [-0.25, -0.2) is 24.3 Å². The summed E-state index contributed by atoms with van der Waals surface area (Å²) in [7, 11) is 0. The Morgan fingerprint density at radius 2 is 0.707 bits per heavy atom. The molecule has 2 aromatic carbocycles. The molecule has 0 bridgehead atoms. The van der Waals surface area contributed by atoms with Crippen LogP contribution in [0.5, 0.6) is 11.5 Å². The predicted octanol–water partition coefficient (Wildman–Crippen LogP) is 10.6. The number of allylic oxidation sites excluding steroid dienone is 8. The van der Waals surface area contributed by atoms with Gasteiger partial charge in [0.1, 0.15) is 11.5 Å². The molecule has 41 heavy (non-hydrogen) atoms. The summed E-state index contributed by atoms with van der Waals surface area (Å²) in [4.78, 5) is 0. The van der Waals surface area contributed by atoms with Crippen molar-refractivity contribution in [1.29, 1.82) is 0 Å². The Morgan fingerprint density at radius 3 is 0.829 bits per heavy atom. The molecule has 2 aromatic rings. The fraction of sp³-hybridized carbons (Fsp3) is 0.474. The van der Waals surface area contributed by atoms with Gasteiger partial charge in [-0.1, -0.05) is 95.2 Å². The molecular weight excluding hydrogens is 580 g/mol. The Morgan fingerprint density at radius 1 is 0.463 bits per heavy atom. The first kappa shape index (κ1) is 38.9. The van der Waals surface area contributed by atoms with Gasteiger partial charge in [-0.15, -0.1) is 12.8 Å². The van der Waals surface area contributed by atoms with Crippen LogP contribution in [-0.2, 0) is 47.9 Å². The molecule has 222 valence electrons. The van der Waals surface area contributed by atoms with E-state index in [0.717, 1.165) is 12.8 Å². The number of hydrogen-bond acceptors (Lipinski definition) is 2. The molecule has 0 aliphatic heterocycles. The fourth-order valence-electron chi connectivity index (χ4n) is 3.63. The average Bonchev–Trinajstić information content (AvgIpc) is 3.55. The van der Waals surface area contributed by atoms with Crippen LogP contribution in [0.3, 0.4) is 0 Å². The van der Waals surface area contributed by atoms with Gasteiger partial charge in [0, 0.05) is 0 Å². The Hall–Kier alpha value is -2.12. The molecule has 0 amide bonds. The molecule has 0 heterocycles. The van der Waals surface area contributed by atoms with Crippen molar-refractivity contribution < 1.29 is 36.4 Å².